The number of pyridine rings is 1. The average molecular weight is 582 g/mol. The van der Waals surface area contributed by atoms with Gasteiger partial charge in [0.15, 0.2) is 0 Å². The maximum atomic E-state index is 13.6. The number of hydrogen-bond acceptors (Lipinski definition) is 7. The number of aliphatic carboxylic acids is 1. The third kappa shape index (κ3) is 7.71. The number of fused-ring (bicyclic) bond motifs is 1. The molecular formula is C31H43N5O6. The van der Waals surface area contributed by atoms with Gasteiger partial charge in [0.1, 0.15) is 18.1 Å². The van der Waals surface area contributed by atoms with Gasteiger partial charge in [0.2, 0.25) is 11.8 Å². The van der Waals surface area contributed by atoms with Crippen molar-refractivity contribution in [1.29, 1.82) is 0 Å². The molecule has 42 heavy (non-hydrogen) atoms. The summed E-state index contributed by atoms with van der Waals surface area (Å²) in [5.74, 6) is -2.96. The van der Waals surface area contributed by atoms with E-state index in [4.69, 9.17) is 0 Å². The van der Waals surface area contributed by atoms with Crippen molar-refractivity contribution in [3.8, 4) is 0 Å². The predicted molar refractivity (Wildman–Crippen MR) is 160 cm³/mol. The fraction of sp³-hybridized carbons (Fsp3) is 0.516. The van der Waals surface area contributed by atoms with Gasteiger partial charge in [-0.2, -0.15) is 0 Å². The molecular weight excluding hydrogens is 538 g/mol. The Kier molecular flexibility index (Phi) is 10.8. The van der Waals surface area contributed by atoms with Crippen molar-refractivity contribution >= 4 is 40.7 Å². The van der Waals surface area contributed by atoms with Crippen LogP contribution in [0.1, 0.15) is 65.6 Å². The van der Waals surface area contributed by atoms with Crippen LogP contribution < -0.4 is 16.1 Å². The monoisotopic (exact) mass is 581 g/mol. The summed E-state index contributed by atoms with van der Waals surface area (Å²) in [4.78, 5) is 55.7. The summed E-state index contributed by atoms with van der Waals surface area (Å²) in [6.07, 6.45) is 4.03. The van der Waals surface area contributed by atoms with E-state index in [2.05, 4.69) is 21.0 Å². The number of aliphatic hydroxyl groups excluding tert-OH is 1. The largest absolute Gasteiger partial charge is 0.480 e. The number of nitrogens with zero attached hydrogens (tertiary/aromatic N) is 2. The van der Waals surface area contributed by atoms with Crippen LogP contribution in [0, 0.1) is 11.3 Å². The lowest BCUT2D eigenvalue weighted by Gasteiger charge is -2.34. The number of carbonyl (C=O) groups is 4. The van der Waals surface area contributed by atoms with Crippen LogP contribution >= 0.6 is 0 Å². The highest BCUT2D eigenvalue weighted by atomic mass is 16.4. The van der Waals surface area contributed by atoms with Gasteiger partial charge >= 0.3 is 5.97 Å². The minimum absolute atomic E-state index is 0.319. The van der Waals surface area contributed by atoms with Crippen LogP contribution in [-0.2, 0) is 25.6 Å². The number of carbonyl (C=O) groups excluding carboxylic acids is 3. The Morgan fingerprint density at radius 2 is 1.83 bits per heavy atom. The van der Waals surface area contributed by atoms with Crippen LogP contribution in [0.3, 0.4) is 0 Å². The van der Waals surface area contributed by atoms with Gasteiger partial charge in [-0.3, -0.25) is 29.2 Å². The molecule has 1 aromatic carbocycles. The standard InChI is InChI=1S/C31H43N5O6/c1-7-23-13-12-22-11-10-21(17-25(22)33-23)14-15-31(6,20(5)37)30(42)34-26(18(2)3)27(38)32-19(4)28(39)36-16-8-9-24(35-36)29(40)41/h10-15,17-20,24,26,35,37H,7-9,16H2,1-6H3,(H,32,38)(H,34,42)(H,40,41)/b15-14+. The van der Waals surface area contributed by atoms with Crippen molar-refractivity contribution in [3.05, 3.63) is 47.7 Å². The number of carboxylic acids is 1. The zero-order valence-corrected chi connectivity index (χ0v) is 25.2. The molecule has 228 valence electrons. The van der Waals surface area contributed by atoms with Crippen molar-refractivity contribution in [1.82, 2.24) is 26.1 Å². The Labute approximate surface area is 246 Å². The molecule has 11 heteroatoms. The van der Waals surface area contributed by atoms with Crippen molar-refractivity contribution in [3.63, 3.8) is 0 Å². The summed E-state index contributed by atoms with van der Waals surface area (Å²) in [6.45, 7) is 10.5. The molecule has 11 nitrogen and oxygen atoms in total. The molecule has 1 aliphatic heterocycles. The van der Waals surface area contributed by atoms with Crippen molar-refractivity contribution in [2.45, 2.75) is 85.0 Å². The highest BCUT2D eigenvalue weighted by Crippen LogP contribution is 2.27. The van der Waals surface area contributed by atoms with E-state index in [0.29, 0.717) is 19.4 Å². The molecule has 0 spiro atoms. The number of aromatic nitrogens is 1. The smallest absolute Gasteiger partial charge is 0.322 e. The molecule has 1 fully saturated rings. The lowest BCUT2D eigenvalue weighted by atomic mass is 9.82. The SMILES string of the molecule is CCc1ccc2ccc(/C=C/C(C)(C(=O)NC(C(=O)NC(C)C(=O)N3CCCC(C(=O)O)N3)C(C)C)C(C)O)cc2n1. The topological polar surface area (TPSA) is 161 Å². The zero-order chi connectivity index (χ0) is 31.2. The molecule has 5 N–H and O–H groups in total. The highest BCUT2D eigenvalue weighted by Gasteiger charge is 2.39. The number of amides is 3. The number of aliphatic hydroxyl groups is 1. The number of hydrogen-bond donors (Lipinski definition) is 5. The van der Waals surface area contributed by atoms with E-state index in [0.717, 1.165) is 28.6 Å². The van der Waals surface area contributed by atoms with E-state index >= 15 is 0 Å². The summed E-state index contributed by atoms with van der Waals surface area (Å²) in [5.41, 5.74) is 3.94. The first kappa shape index (κ1) is 32.7. The second-order valence-electron chi connectivity index (χ2n) is 11.5. The van der Waals surface area contributed by atoms with Crippen molar-refractivity contribution in [2.24, 2.45) is 11.3 Å². The molecule has 5 unspecified atom stereocenters. The van der Waals surface area contributed by atoms with Gasteiger partial charge in [-0.15, -0.1) is 0 Å². The fourth-order valence-corrected chi connectivity index (χ4v) is 4.70. The third-order valence-corrected chi connectivity index (χ3v) is 7.83. The molecule has 3 rings (SSSR count). The second kappa shape index (κ2) is 13.9. The number of hydrazine groups is 1. The second-order valence-corrected chi connectivity index (χ2v) is 11.5. The van der Waals surface area contributed by atoms with Gasteiger partial charge in [-0.1, -0.05) is 51.1 Å². The first-order valence-electron chi connectivity index (χ1n) is 14.5. The molecule has 1 saturated heterocycles. The Morgan fingerprint density at radius 1 is 1.14 bits per heavy atom. The van der Waals surface area contributed by atoms with Gasteiger partial charge in [0.25, 0.3) is 5.91 Å². The summed E-state index contributed by atoms with van der Waals surface area (Å²) in [7, 11) is 0. The average Bonchev–Trinajstić information content (AvgIpc) is 2.97. The fourth-order valence-electron chi connectivity index (χ4n) is 4.70. The van der Waals surface area contributed by atoms with Crippen LogP contribution in [0.5, 0.6) is 0 Å². The van der Waals surface area contributed by atoms with Crippen LogP contribution in [0.2, 0.25) is 0 Å². The highest BCUT2D eigenvalue weighted by molar-refractivity contribution is 5.94. The maximum Gasteiger partial charge on any atom is 0.322 e. The summed E-state index contributed by atoms with van der Waals surface area (Å²) in [5, 5.41) is 27.6. The van der Waals surface area contributed by atoms with E-state index in [-0.39, 0.29) is 5.92 Å². The molecule has 0 bridgehead atoms. The maximum absolute atomic E-state index is 13.6. The van der Waals surface area contributed by atoms with Gasteiger partial charge < -0.3 is 20.8 Å². The molecule has 3 amide bonds. The summed E-state index contributed by atoms with van der Waals surface area (Å²) in [6, 6.07) is 6.96. The van der Waals surface area contributed by atoms with E-state index in [9.17, 15) is 29.4 Å². The Morgan fingerprint density at radius 3 is 2.45 bits per heavy atom. The normalized spacial score (nSPS) is 19.2. The van der Waals surface area contributed by atoms with Crippen LogP contribution in [0.25, 0.3) is 17.0 Å². The summed E-state index contributed by atoms with van der Waals surface area (Å²) < 4.78 is 0. The van der Waals surface area contributed by atoms with Gasteiger partial charge in [0.05, 0.1) is 17.0 Å². The number of rotatable bonds is 11. The van der Waals surface area contributed by atoms with E-state index in [1.807, 2.05) is 37.3 Å². The first-order valence-corrected chi connectivity index (χ1v) is 14.5. The Bertz CT molecular complexity index is 1340. The quantitative estimate of drug-likeness (QED) is 0.270. The lowest BCUT2D eigenvalue weighted by Crippen LogP contribution is -2.61. The number of benzene rings is 1. The Hall–Kier alpha value is -3.83. The molecule has 1 aromatic heterocycles. The molecule has 2 heterocycles. The van der Waals surface area contributed by atoms with Crippen LogP contribution in [0.15, 0.2) is 36.4 Å². The van der Waals surface area contributed by atoms with Crippen molar-refractivity contribution in [2.75, 3.05) is 6.54 Å². The van der Waals surface area contributed by atoms with Gasteiger partial charge in [-0.25, -0.2) is 5.43 Å². The van der Waals surface area contributed by atoms with Crippen LogP contribution in [-0.4, -0.2) is 74.7 Å². The zero-order valence-electron chi connectivity index (χ0n) is 25.2. The Balaban J connectivity index is 1.73. The predicted octanol–water partition coefficient (Wildman–Crippen LogP) is 2.42. The van der Waals surface area contributed by atoms with Crippen molar-refractivity contribution < 1.29 is 29.4 Å². The molecule has 0 saturated carbocycles. The van der Waals surface area contributed by atoms with Gasteiger partial charge in [-0.05, 0) is 63.6 Å². The van der Waals surface area contributed by atoms with Gasteiger partial charge in [0, 0.05) is 17.6 Å². The summed E-state index contributed by atoms with van der Waals surface area (Å²) >= 11 is 0. The third-order valence-electron chi connectivity index (χ3n) is 7.83. The first-order chi connectivity index (χ1) is 19.8. The molecule has 5 atom stereocenters. The number of aryl methyl sites for hydroxylation is 1. The van der Waals surface area contributed by atoms with Crippen LogP contribution in [0.4, 0.5) is 0 Å². The molecule has 2 aromatic rings. The number of carboxylic acid groups (broad SMARTS) is 1. The molecule has 0 radical (unpaired) electrons. The molecule has 0 aliphatic carbocycles. The van der Waals surface area contributed by atoms with E-state index < -0.39 is 53.3 Å². The number of nitrogens with one attached hydrogen (secondary N) is 3. The lowest BCUT2D eigenvalue weighted by molar-refractivity contribution is -0.148. The minimum Gasteiger partial charge on any atom is -0.480 e. The van der Waals surface area contributed by atoms with E-state index in [1.54, 1.807) is 32.9 Å². The minimum atomic E-state index is -1.37. The molecule has 1 aliphatic rings. The van der Waals surface area contributed by atoms with E-state index in [1.165, 1.54) is 18.9 Å².